The minimum absolute atomic E-state index is 0.250. The number of aromatic nitrogens is 3. The van der Waals surface area contributed by atoms with Gasteiger partial charge in [0.15, 0.2) is 0 Å². The van der Waals surface area contributed by atoms with Gasteiger partial charge in [0.25, 0.3) is 0 Å². The third-order valence-electron chi connectivity index (χ3n) is 2.40. The van der Waals surface area contributed by atoms with E-state index in [-0.39, 0.29) is 18.2 Å². The van der Waals surface area contributed by atoms with Gasteiger partial charge in [-0.05, 0) is 20.8 Å². The summed E-state index contributed by atoms with van der Waals surface area (Å²) in [5.74, 6) is 0.256. The second kappa shape index (κ2) is 3.99. The Labute approximate surface area is 98.2 Å². The molecule has 1 aliphatic heterocycles. The van der Waals surface area contributed by atoms with Crippen LogP contribution in [0.2, 0.25) is 0 Å². The van der Waals surface area contributed by atoms with Gasteiger partial charge in [0.2, 0.25) is 0 Å². The van der Waals surface area contributed by atoms with E-state index in [2.05, 4.69) is 15.5 Å². The minimum Gasteiger partial charge on any atom is -0.459 e. The van der Waals surface area contributed by atoms with Gasteiger partial charge < -0.3 is 4.74 Å². The Morgan fingerprint density at radius 2 is 2.24 bits per heavy atom. The Kier molecular flexibility index (Phi) is 2.78. The summed E-state index contributed by atoms with van der Waals surface area (Å²) in [6.45, 7) is 6.05. The van der Waals surface area contributed by atoms with Gasteiger partial charge in [-0.1, -0.05) is 0 Å². The Morgan fingerprint density at radius 1 is 1.53 bits per heavy atom. The molecule has 7 heteroatoms. The number of esters is 1. The van der Waals surface area contributed by atoms with Crippen molar-refractivity contribution in [1.82, 2.24) is 20.1 Å². The van der Waals surface area contributed by atoms with Gasteiger partial charge in [0, 0.05) is 0 Å². The molecule has 0 fully saturated rings. The Hall–Kier alpha value is -1.63. The summed E-state index contributed by atoms with van der Waals surface area (Å²) in [6.07, 6.45) is 0. The topological polar surface area (TPSA) is 89.0 Å². The van der Waals surface area contributed by atoms with Gasteiger partial charge in [-0.15, -0.1) is 0 Å². The van der Waals surface area contributed by atoms with Crippen LogP contribution in [0.25, 0.3) is 0 Å². The fraction of sp³-hybridized carbons (Fsp3) is 0.700. The summed E-state index contributed by atoms with van der Waals surface area (Å²) >= 11 is 0. The first-order valence-corrected chi connectivity index (χ1v) is 5.47. The highest BCUT2D eigenvalue weighted by atomic mass is 16.6. The number of hydrogen-bond donors (Lipinski definition) is 2. The molecule has 0 aliphatic carbocycles. The zero-order valence-electron chi connectivity index (χ0n) is 10.1. The Bertz CT molecular complexity index is 482. The van der Waals surface area contributed by atoms with Crippen molar-refractivity contribution in [2.45, 2.75) is 45.5 Å². The Morgan fingerprint density at radius 3 is 2.88 bits per heavy atom. The minimum atomic E-state index is -0.527. The first-order chi connectivity index (χ1) is 7.87. The lowest BCUT2D eigenvalue weighted by molar-refractivity contribution is -0.158. The molecule has 7 nitrogen and oxygen atoms in total. The molecule has 0 bridgehead atoms. The monoisotopic (exact) mass is 240 g/mol. The lowest BCUT2D eigenvalue weighted by atomic mass is 10.2. The van der Waals surface area contributed by atoms with Gasteiger partial charge >= 0.3 is 11.7 Å². The SMILES string of the molecule is CC(C)(C)OC(=O)C1Cn2c(n[nH]c2=O)CN1. The summed E-state index contributed by atoms with van der Waals surface area (Å²) in [5, 5.41) is 9.18. The van der Waals surface area contributed by atoms with Crippen LogP contribution < -0.4 is 11.0 Å². The normalized spacial score (nSPS) is 19.8. The number of H-pyrrole nitrogens is 1. The summed E-state index contributed by atoms with van der Waals surface area (Å²) in [7, 11) is 0. The Balaban J connectivity index is 2.10. The van der Waals surface area contributed by atoms with Crippen molar-refractivity contribution in [2.24, 2.45) is 0 Å². The van der Waals surface area contributed by atoms with E-state index < -0.39 is 11.6 Å². The van der Waals surface area contributed by atoms with Crippen LogP contribution in [0.5, 0.6) is 0 Å². The molecule has 0 amide bonds. The maximum absolute atomic E-state index is 11.8. The third-order valence-corrected chi connectivity index (χ3v) is 2.40. The van der Waals surface area contributed by atoms with Crippen molar-refractivity contribution in [1.29, 1.82) is 0 Å². The second-order valence-corrected chi connectivity index (χ2v) is 5.02. The van der Waals surface area contributed by atoms with Gasteiger partial charge in [0.05, 0.1) is 13.1 Å². The molecular weight excluding hydrogens is 224 g/mol. The molecule has 0 spiro atoms. The second-order valence-electron chi connectivity index (χ2n) is 5.02. The summed E-state index contributed by atoms with van der Waals surface area (Å²) in [6, 6.07) is -0.503. The molecule has 1 unspecified atom stereocenters. The molecule has 17 heavy (non-hydrogen) atoms. The number of nitrogens with zero attached hydrogens (tertiary/aromatic N) is 2. The smallest absolute Gasteiger partial charge is 0.343 e. The van der Waals surface area contributed by atoms with Crippen LogP contribution in [0.15, 0.2) is 4.79 Å². The van der Waals surface area contributed by atoms with Crippen LogP contribution in [-0.4, -0.2) is 32.4 Å². The fourth-order valence-corrected chi connectivity index (χ4v) is 1.67. The van der Waals surface area contributed by atoms with Crippen LogP contribution in [0.4, 0.5) is 0 Å². The van der Waals surface area contributed by atoms with Gasteiger partial charge in [-0.2, -0.15) is 5.10 Å². The maximum Gasteiger partial charge on any atom is 0.343 e. The van der Waals surface area contributed by atoms with E-state index >= 15 is 0 Å². The van der Waals surface area contributed by atoms with Crippen LogP contribution in [-0.2, 0) is 22.6 Å². The molecule has 2 N–H and O–H groups in total. The van der Waals surface area contributed by atoms with Gasteiger partial charge in [-0.3, -0.25) is 14.7 Å². The van der Waals surface area contributed by atoms with Gasteiger partial charge in [-0.25, -0.2) is 9.89 Å². The number of hydrogen-bond acceptors (Lipinski definition) is 5. The molecule has 0 saturated heterocycles. The van der Waals surface area contributed by atoms with E-state index in [1.54, 1.807) is 0 Å². The predicted molar refractivity (Wildman–Crippen MR) is 59.3 cm³/mol. The summed E-state index contributed by atoms with van der Waals surface area (Å²) in [4.78, 5) is 23.2. The number of rotatable bonds is 1. The molecule has 94 valence electrons. The van der Waals surface area contributed by atoms with Crippen molar-refractivity contribution < 1.29 is 9.53 Å². The summed E-state index contributed by atoms with van der Waals surface area (Å²) in [5.41, 5.74) is -0.824. The lowest BCUT2D eigenvalue weighted by Crippen LogP contribution is -2.48. The van der Waals surface area contributed by atoms with E-state index in [9.17, 15) is 9.59 Å². The molecule has 0 saturated carbocycles. The number of carbonyl (C=O) groups is 1. The van der Waals surface area contributed by atoms with Crippen molar-refractivity contribution in [3.05, 3.63) is 16.3 Å². The highest BCUT2D eigenvalue weighted by Crippen LogP contribution is 2.11. The number of aromatic amines is 1. The zero-order chi connectivity index (χ0) is 12.6. The molecule has 2 heterocycles. The number of fused-ring (bicyclic) bond motifs is 1. The molecule has 1 atom stereocenters. The van der Waals surface area contributed by atoms with Crippen molar-refractivity contribution in [2.75, 3.05) is 0 Å². The average Bonchev–Trinajstić information content (AvgIpc) is 2.57. The summed E-state index contributed by atoms with van der Waals surface area (Å²) < 4.78 is 6.71. The van der Waals surface area contributed by atoms with Crippen LogP contribution in [0, 0.1) is 0 Å². The van der Waals surface area contributed by atoms with Crippen LogP contribution in [0.3, 0.4) is 0 Å². The van der Waals surface area contributed by atoms with Crippen molar-refractivity contribution in [3.8, 4) is 0 Å². The third kappa shape index (κ3) is 2.55. The first kappa shape index (κ1) is 11.8. The van der Waals surface area contributed by atoms with Gasteiger partial charge in [0.1, 0.15) is 17.5 Å². The quantitative estimate of drug-likeness (QED) is 0.639. The largest absolute Gasteiger partial charge is 0.459 e. The predicted octanol–water partition coefficient (Wildman–Crippen LogP) is -0.615. The van der Waals surface area contributed by atoms with E-state index in [1.165, 1.54) is 4.57 Å². The highest BCUT2D eigenvalue weighted by molar-refractivity contribution is 5.76. The van der Waals surface area contributed by atoms with Crippen molar-refractivity contribution in [3.63, 3.8) is 0 Å². The highest BCUT2D eigenvalue weighted by Gasteiger charge is 2.29. The molecule has 1 aliphatic rings. The standard InChI is InChI=1S/C10H16N4O3/c1-10(2,3)17-8(15)6-5-14-7(4-11-6)12-13-9(14)16/h6,11H,4-5H2,1-3H3,(H,13,16). The lowest BCUT2D eigenvalue weighted by Gasteiger charge is -2.27. The van der Waals surface area contributed by atoms with E-state index in [1.807, 2.05) is 20.8 Å². The molecule has 0 radical (unpaired) electrons. The first-order valence-electron chi connectivity index (χ1n) is 5.47. The molecule has 1 aromatic rings. The number of ether oxygens (including phenoxy) is 1. The average molecular weight is 240 g/mol. The zero-order valence-corrected chi connectivity index (χ0v) is 10.1. The van der Waals surface area contributed by atoms with Crippen LogP contribution in [0.1, 0.15) is 26.6 Å². The number of nitrogens with one attached hydrogen (secondary N) is 2. The van der Waals surface area contributed by atoms with Crippen LogP contribution >= 0.6 is 0 Å². The van der Waals surface area contributed by atoms with Crippen molar-refractivity contribution >= 4 is 5.97 Å². The van der Waals surface area contributed by atoms with E-state index in [4.69, 9.17) is 4.74 Å². The van der Waals surface area contributed by atoms with E-state index in [0.29, 0.717) is 12.4 Å². The molecule has 1 aromatic heterocycles. The molecule has 2 rings (SSSR count). The van der Waals surface area contributed by atoms with E-state index in [0.717, 1.165) is 0 Å². The number of carbonyl (C=O) groups excluding carboxylic acids is 1. The molecule has 0 aromatic carbocycles. The maximum atomic E-state index is 11.8. The fourth-order valence-electron chi connectivity index (χ4n) is 1.67. The molecular formula is C10H16N4O3.